The molecule has 2 saturated heterocycles. The van der Waals surface area contributed by atoms with E-state index in [1.165, 1.54) is 44.5 Å². The van der Waals surface area contributed by atoms with Crippen LogP contribution in [0.5, 0.6) is 0 Å². The first-order chi connectivity index (χ1) is 21.7. The summed E-state index contributed by atoms with van der Waals surface area (Å²) in [7, 11) is 0. The third-order valence-electron chi connectivity index (χ3n) is 9.03. The van der Waals surface area contributed by atoms with Gasteiger partial charge in [0.15, 0.2) is 5.65 Å². The van der Waals surface area contributed by atoms with Crippen molar-refractivity contribution in [3.63, 3.8) is 0 Å². The monoisotopic (exact) mass is 604 g/mol. The van der Waals surface area contributed by atoms with Gasteiger partial charge in [-0.3, -0.25) is 4.79 Å². The molecule has 0 bridgehead atoms. The van der Waals surface area contributed by atoms with Crippen molar-refractivity contribution in [1.82, 2.24) is 25.0 Å². The molecule has 2 aromatic heterocycles. The molecule has 2 fully saturated rings. The number of hydrogen-bond donors (Lipinski definition) is 2. The lowest BCUT2D eigenvalue weighted by Gasteiger charge is -2.26. The summed E-state index contributed by atoms with van der Waals surface area (Å²) in [4.78, 5) is 20.8. The number of rotatable bonds is 17. The zero-order valence-electron chi connectivity index (χ0n) is 26.9. The summed E-state index contributed by atoms with van der Waals surface area (Å²) in [6.07, 6.45) is 12.9. The molecule has 1 aromatic carbocycles. The van der Waals surface area contributed by atoms with E-state index in [1.54, 1.807) is 0 Å². The highest BCUT2D eigenvalue weighted by atomic mass is 16.5. The Morgan fingerprint density at radius 2 is 1.77 bits per heavy atom. The van der Waals surface area contributed by atoms with E-state index in [0.29, 0.717) is 18.2 Å². The van der Waals surface area contributed by atoms with Gasteiger partial charge in [0.1, 0.15) is 0 Å². The second kappa shape index (κ2) is 16.9. The van der Waals surface area contributed by atoms with Gasteiger partial charge in [0.25, 0.3) is 5.91 Å². The minimum Gasteiger partial charge on any atom is -0.381 e. The summed E-state index contributed by atoms with van der Waals surface area (Å²) < 4.78 is 13.4. The number of unbranched alkanes of at least 4 members (excludes halogenated alkanes) is 2. The van der Waals surface area contributed by atoms with Gasteiger partial charge in [0, 0.05) is 62.4 Å². The number of aryl methyl sites for hydroxylation is 3. The molecule has 44 heavy (non-hydrogen) atoms. The molecule has 2 aliphatic heterocycles. The van der Waals surface area contributed by atoms with E-state index in [9.17, 15) is 4.79 Å². The van der Waals surface area contributed by atoms with Crippen molar-refractivity contribution in [3.05, 3.63) is 52.8 Å². The largest absolute Gasteiger partial charge is 0.381 e. The van der Waals surface area contributed by atoms with E-state index in [0.717, 1.165) is 106 Å². The number of anilines is 1. The van der Waals surface area contributed by atoms with Crippen LogP contribution in [0.2, 0.25) is 0 Å². The Bertz CT molecular complexity index is 1310. The van der Waals surface area contributed by atoms with Crippen LogP contribution >= 0.6 is 0 Å². The molecular weight excluding hydrogens is 552 g/mol. The number of hydrogen-bond acceptors (Lipinski definition) is 7. The van der Waals surface area contributed by atoms with Crippen LogP contribution in [0.4, 0.5) is 5.69 Å². The summed E-state index contributed by atoms with van der Waals surface area (Å²) >= 11 is 0. The van der Waals surface area contributed by atoms with Crippen molar-refractivity contribution >= 4 is 22.6 Å². The Kier molecular flexibility index (Phi) is 12.4. The summed E-state index contributed by atoms with van der Waals surface area (Å²) in [5, 5.41) is 12.6. The Hall–Kier alpha value is -3.01. The first-order valence-electron chi connectivity index (χ1n) is 17.0. The standard InChI is InChI=1S/C35H52N6O3/c1-3-32-30(33(38-29-16-23-44-24-17-29)31-26-37-41(4-2)34(31)39-32)25-36-35(42)28-14-12-27(13-15-28)11-5-9-21-43-22-10-8-20-40-18-6-7-19-40/h12-15,26,29H,3-11,16-25H2,1-2H3,(H,36,42)(H,38,39). The Balaban J connectivity index is 1.10. The highest BCUT2D eigenvalue weighted by Crippen LogP contribution is 2.31. The second-order valence-electron chi connectivity index (χ2n) is 12.2. The molecule has 3 aromatic rings. The average Bonchev–Trinajstić information content (AvgIpc) is 3.74. The number of amides is 1. The van der Waals surface area contributed by atoms with Gasteiger partial charge in [-0.05, 0) is 108 Å². The van der Waals surface area contributed by atoms with Crippen molar-refractivity contribution < 1.29 is 14.3 Å². The lowest BCUT2D eigenvalue weighted by Crippen LogP contribution is -2.30. The molecule has 2 aliphatic rings. The van der Waals surface area contributed by atoms with Gasteiger partial charge >= 0.3 is 0 Å². The first-order valence-corrected chi connectivity index (χ1v) is 17.0. The molecule has 9 nitrogen and oxygen atoms in total. The molecule has 0 saturated carbocycles. The average molecular weight is 605 g/mol. The van der Waals surface area contributed by atoms with Crippen LogP contribution in [-0.4, -0.2) is 77.7 Å². The van der Waals surface area contributed by atoms with Crippen molar-refractivity contribution in [1.29, 1.82) is 0 Å². The number of likely N-dealkylation sites (tertiary alicyclic amines) is 1. The van der Waals surface area contributed by atoms with E-state index >= 15 is 0 Å². The molecule has 1 amide bonds. The van der Waals surface area contributed by atoms with E-state index in [2.05, 4.69) is 46.6 Å². The quantitative estimate of drug-likeness (QED) is 0.190. The van der Waals surface area contributed by atoms with Crippen LogP contribution < -0.4 is 10.6 Å². The molecular formula is C35H52N6O3. The van der Waals surface area contributed by atoms with Gasteiger partial charge in [-0.15, -0.1) is 0 Å². The minimum atomic E-state index is -0.0712. The second-order valence-corrected chi connectivity index (χ2v) is 12.2. The van der Waals surface area contributed by atoms with Crippen LogP contribution in [0, 0.1) is 0 Å². The normalized spacial score (nSPS) is 16.1. The Labute approximate surface area is 263 Å². The zero-order chi connectivity index (χ0) is 30.6. The van der Waals surface area contributed by atoms with Gasteiger partial charge in [0.05, 0.1) is 17.3 Å². The van der Waals surface area contributed by atoms with Crippen molar-refractivity contribution in [2.75, 3.05) is 51.4 Å². The van der Waals surface area contributed by atoms with Crippen molar-refractivity contribution in [2.24, 2.45) is 0 Å². The number of aromatic nitrogens is 3. The van der Waals surface area contributed by atoms with Gasteiger partial charge in [-0.2, -0.15) is 5.10 Å². The van der Waals surface area contributed by atoms with Gasteiger partial charge < -0.3 is 25.0 Å². The maximum Gasteiger partial charge on any atom is 0.251 e. The minimum absolute atomic E-state index is 0.0712. The lowest BCUT2D eigenvalue weighted by molar-refractivity contribution is 0.0904. The lowest BCUT2D eigenvalue weighted by atomic mass is 10.0. The topological polar surface area (TPSA) is 93.5 Å². The number of pyridine rings is 1. The SMILES string of the molecule is CCc1nc2c(cnn2CC)c(NC2CCOCC2)c1CNC(=O)c1ccc(CCCCOCCCCN2CCCC2)cc1. The molecule has 2 N–H and O–H groups in total. The molecule has 0 unspecified atom stereocenters. The van der Waals surface area contributed by atoms with Crippen LogP contribution in [-0.2, 0) is 35.4 Å². The molecule has 5 rings (SSSR count). The molecule has 0 atom stereocenters. The summed E-state index contributed by atoms with van der Waals surface area (Å²) in [5.41, 5.74) is 5.90. The number of benzene rings is 1. The maximum atomic E-state index is 13.2. The smallest absolute Gasteiger partial charge is 0.251 e. The van der Waals surface area contributed by atoms with Gasteiger partial charge in [-0.1, -0.05) is 19.1 Å². The highest BCUT2D eigenvalue weighted by molar-refractivity contribution is 5.95. The molecule has 9 heteroatoms. The Morgan fingerprint density at radius 3 is 2.50 bits per heavy atom. The number of ether oxygens (including phenoxy) is 2. The number of carbonyl (C=O) groups excluding carboxylic acids is 1. The van der Waals surface area contributed by atoms with Crippen LogP contribution in [0.15, 0.2) is 30.5 Å². The van der Waals surface area contributed by atoms with Crippen LogP contribution in [0.1, 0.15) is 92.4 Å². The van der Waals surface area contributed by atoms with Gasteiger partial charge in [0.2, 0.25) is 0 Å². The van der Waals surface area contributed by atoms with E-state index in [-0.39, 0.29) is 5.91 Å². The highest BCUT2D eigenvalue weighted by Gasteiger charge is 2.22. The number of nitrogens with zero attached hydrogens (tertiary/aromatic N) is 4. The molecule has 0 spiro atoms. The summed E-state index contributed by atoms with van der Waals surface area (Å²) in [5.74, 6) is -0.0712. The Morgan fingerprint density at radius 1 is 1.02 bits per heavy atom. The van der Waals surface area contributed by atoms with Gasteiger partial charge in [-0.25, -0.2) is 9.67 Å². The predicted molar refractivity (Wildman–Crippen MR) is 176 cm³/mol. The van der Waals surface area contributed by atoms with E-state index in [1.807, 2.05) is 23.0 Å². The van der Waals surface area contributed by atoms with Crippen molar-refractivity contribution in [2.45, 2.75) is 97.2 Å². The predicted octanol–water partition coefficient (Wildman–Crippen LogP) is 5.75. The zero-order valence-corrected chi connectivity index (χ0v) is 26.9. The molecule has 240 valence electrons. The van der Waals surface area contributed by atoms with Crippen LogP contribution in [0.3, 0.4) is 0 Å². The van der Waals surface area contributed by atoms with Crippen LogP contribution in [0.25, 0.3) is 11.0 Å². The molecule has 0 aliphatic carbocycles. The number of carbonyl (C=O) groups is 1. The maximum absolute atomic E-state index is 13.2. The first kappa shape index (κ1) is 32.4. The fourth-order valence-corrected chi connectivity index (χ4v) is 6.38. The fraction of sp³-hybridized carbons (Fsp3) is 0.629. The van der Waals surface area contributed by atoms with E-state index in [4.69, 9.17) is 14.5 Å². The fourth-order valence-electron chi connectivity index (χ4n) is 6.38. The molecule has 4 heterocycles. The summed E-state index contributed by atoms with van der Waals surface area (Å²) in [6, 6.07) is 8.36. The molecule has 0 radical (unpaired) electrons. The summed E-state index contributed by atoms with van der Waals surface area (Å²) in [6.45, 7) is 12.4. The third kappa shape index (κ3) is 8.79. The van der Waals surface area contributed by atoms with Crippen molar-refractivity contribution in [3.8, 4) is 0 Å². The number of fused-ring (bicyclic) bond motifs is 1. The third-order valence-corrected chi connectivity index (χ3v) is 9.03. The van der Waals surface area contributed by atoms with E-state index < -0.39 is 0 Å². The number of nitrogens with one attached hydrogen (secondary N) is 2.